The SMILES string of the molecule is CCCNc1ccc(OCC(=O)OCC)cc1N. The lowest BCUT2D eigenvalue weighted by Gasteiger charge is -2.11. The number of rotatable bonds is 7. The van der Waals surface area contributed by atoms with E-state index in [-0.39, 0.29) is 12.6 Å². The van der Waals surface area contributed by atoms with Gasteiger partial charge in [0.15, 0.2) is 6.61 Å². The van der Waals surface area contributed by atoms with E-state index in [4.69, 9.17) is 15.2 Å². The van der Waals surface area contributed by atoms with Gasteiger partial charge in [0.25, 0.3) is 0 Å². The summed E-state index contributed by atoms with van der Waals surface area (Å²) in [5.74, 6) is 0.173. The fraction of sp³-hybridized carbons (Fsp3) is 0.462. The van der Waals surface area contributed by atoms with Crippen LogP contribution in [0.3, 0.4) is 0 Å². The molecular formula is C13H20N2O3. The number of esters is 1. The third kappa shape index (κ3) is 4.53. The predicted octanol–water partition coefficient (Wildman–Crippen LogP) is 2.03. The van der Waals surface area contributed by atoms with Crippen LogP contribution in [0.5, 0.6) is 5.75 Å². The van der Waals surface area contributed by atoms with Gasteiger partial charge in [0.1, 0.15) is 5.75 Å². The van der Waals surface area contributed by atoms with Crippen molar-refractivity contribution in [2.45, 2.75) is 20.3 Å². The number of benzene rings is 1. The molecule has 5 heteroatoms. The molecule has 0 aromatic heterocycles. The first kappa shape index (κ1) is 14.2. The molecule has 18 heavy (non-hydrogen) atoms. The Morgan fingerprint density at radius 1 is 1.39 bits per heavy atom. The van der Waals surface area contributed by atoms with Gasteiger partial charge < -0.3 is 20.5 Å². The summed E-state index contributed by atoms with van der Waals surface area (Å²) in [4.78, 5) is 11.1. The second-order valence-corrected chi connectivity index (χ2v) is 3.77. The van der Waals surface area contributed by atoms with E-state index >= 15 is 0 Å². The lowest BCUT2D eigenvalue weighted by atomic mass is 10.2. The Morgan fingerprint density at radius 2 is 2.17 bits per heavy atom. The van der Waals surface area contributed by atoms with Crippen LogP contribution in [-0.2, 0) is 9.53 Å². The minimum Gasteiger partial charge on any atom is -0.482 e. The van der Waals surface area contributed by atoms with Gasteiger partial charge in [-0.15, -0.1) is 0 Å². The fourth-order valence-electron chi connectivity index (χ4n) is 1.40. The zero-order valence-electron chi connectivity index (χ0n) is 10.9. The molecule has 0 spiro atoms. The molecule has 0 heterocycles. The Morgan fingerprint density at radius 3 is 2.78 bits per heavy atom. The van der Waals surface area contributed by atoms with E-state index in [0.29, 0.717) is 18.0 Å². The van der Waals surface area contributed by atoms with E-state index in [1.54, 1.807) is 19.1 Å². The van der Waals surface area contributed by atoms with E-state index < -0.39 is 0 Å². The minimum atomic E-state index is -0.385. The van der Waals surface area contributed by atoms with E-state index in [1.165, 1.54) is 0 Å². The summed E-state index contributed by atoms with van der Waals surface area (Å²) >= 11 is 0. The number of hydrogen-bond donors (Lipinski definition) is 2. The van der Waals surface area contributed by atoms with Gasteiger partial charge in [0, 0.05) is 12.6 Å². The van der Waals surface area contributed by atoms with Crippen molar-refractivity contribution in [2.75, 3.05) is 30.8 Å². The molecule has 0 unspecified atom stereocenters. The highest BCUT2D eigenvalue weighted by atomic mass is 16.6. The zero-order chi connectivity index (χ0) is 13.4. The molecule has 1 aromatic carbocycles. The highest BCUT2D eigenvalue weighted by molar-refractivity contribution is 5.72. The highest BCUT2D eigenvalue weighted by Crippen LogP contribution is 2.24. The van der Waals surface area contributed by atoms with Gasteiger partial charge in [-0.3, -0.25) is 0 Å². The molecular weight excluding hydrogens is 232 g/mol. The molecule has 0 aliphatic rings. The largest absolute Gasteiger partial charge is 0.482 e. The molecule has 1 rings (SSSR count). The smallest absolute Gasteiger partial charge is 0.344 e. The van der Waals surface area contributed by atoms with Crippen LogP contribution < -0.4 is 15.8 Å². The molecule has 5 nitrogen and oxygen atoms in total. The summed E-state index contributed by atoms with van der Waals surface area (Å²) in [6.45, 7) is 4.95. The van der Waals surface area contributed by atoms with Crippen LogP contribution in [-0.4, -0.2) is 25.7 Å². The van der Waals surface area contributed by atoms with Gasteiger partial charge in [-0.1, -0.05) is 6.92 Å². The Kier molecular flexibility index (Phi) is 5.84. The second-order valence-electron chi connectivity index (χ2n) is 3.77. The van der Waals surface area contributed by atoms with Crippen LogP contribution in [0.1, 0.15) is 20.3 Å². The lowest BCUT2D eigenvalue weighted by molar-refractivity contribution is -0.145. The van der Waals surface area contributed by atoms with Crippen LogP contribution in [0.15, 0.2) is 18.2 Å². The van der Waals surface area contributed by atoms with Crippen molar-refractivity contribution in [3.63, 3.8) is 0 Å². The van der Waals surface area contributed by atoms with Crippen LogP contribution in [0.4, 0.5) is 11.4 Å². The fourth-order valence-corrected chi connectivity index (χ4v) is 1.40. The Labute approximate surface area is 107 Å². The topological polar surface area (TPSA) is 73.6 Å². The summed E-state index contributed by atoms with van der Waals surface area (Å²) in [6, 6.07) is 5.30. The monoisotopic (exact) mass is 252 g/mol. The molecule has 0 atom stereocenters. The Hall–Kier alpha value is -1.91. The Balaban J connectivity index is 2.53. The zero-order valence-corrected chi connectivity index (χ0v) is 10.9. The molecule has 0 aliphatic carbocycles. The molecule has 0 saturated carbocycles. The number of carbonyl (C=O) groups is 1. The van der Waals surface area contributed by atoms with Crippen molar-refractivity contribution in [3.05, 3.63) is 18.2 Å². The first-order chi connectivity index (χ1) is 8.67. The number of ether oxygens (including phenoxy) is 2. The third-order valence-corrected chi connectivity index (χ3v) is 2.25. The lowest BCUT2D eigenvalue weighted by Crippen LogP contribution is -2.14. The molecule has 0 bridgehead atoms. The van der Waals surface area contributed by atoms with Crippen LogP contribution >= 0.6 is 0 Å². The maximum Gasteiger partial charge on any atom is 0.344 e. The van der Waals surface area contributed by atoms with Crippen molar-refractivity contribution in [2.24, 2.45) is 0 Å². The van der Waals surface area contributed by atoms with E-state index in [1.807, 2.05) is 6.07 Å². The molecule has 0 fully saturated rings. The summed E-state index contributed by atoms with van der Waals surface area (Å²) in [5, 5.41) is 3.20. The van der Waals surface area contributed by atoms with Gasteiger partial charge in [0.2, 0.25) is 0 Å². The molecule has 100 valence electrons. The summed E-state index contributed by atoms with van der Waals surface area (Å²) in [5.41, 5.74) is 7.35. The average Bonchev–Trinajstić information content (AvgIpc) is 2.35. The Bertz CT molecular complexity index is 394. The number of nitrogen functional groups attached to an aromatic ring is 1. The number of nitrogens with one attached hydrogen (secondary N) is 1. The van der Waals surface area contributed by atoms with Crippen molar-refractivity contribution in [3.8, 4) is 5.75 Å². The van der Waals surface area contributed by atoms with Crippen molar-refractivity contribution in [1.29, 1.82) is 0 Å². The standard InChI is InChI=1S/C13H20N2O3/c1-3-7-15-12-6-5-10(8-11(12)14)18-9-13(16)17-4-2/h5-6,8,15H,3-4,7,9,14H2,1-2H3. The van der Waals surface area contributed by atoms with Gasteiger partial charge in [0.05, 0.1) is 18.0 Å². The van der Waals surface area contributed by atoms with Crippen LogP contribution in [0, 0.1) is 0 Å². The molecule has 0 radical (unpaired) electrons. The van der Waals surface area contributed by atoms with E-state index in [2.05, 4.69) is 12.2 Å². The highest BCUT2D eigenvalue weighted by Gasteiger charge is 2.05. The van der Waals surface area contributed by atoms with Gasteiger partial charge >= 0.3 is 5.97 Å². The van der Waals surface area contributed by atoms with Crippen molar-refractivity contribution >= 4 is 17.3 Å². The first-order valence-electron chi connectivity index (χ1n) is 6.09. The minimum absolute atomic E-state index is 0.102. The van der Waals surface area contributed by atoms with E-state index in [0.717, 1.165) is 18.7 Å². The number of carbonyl (C=O) groups excluding carboxylic acids is 1. The molecule has 1 aromatic rings. The molecule has 0 saturated heterocycles. The molecule has 3 N–H and O–H groups in total. The van der Waals surface area contributed by atoms with Crippen LogP contribution in [0.25, 0.3) is 0 Å². The average molecular weight is 252 g/mol. The number of nitrogens with two attached hydrogens (primary N) is 1. The van der Waals surface area contributed by atoms with Crippen molar-refractivity contribution in [1.82, 2.24) is 0 Å². The predicted molar refractivity (Wildman–Crippen MR) is 71.8 cm³/mol. The summed E-state index contributed by atoms with van der Waals surface area (Å²) in [7, 11) is 0. The van der Waals surface area contributed by atoms with Gasteiger partial charge in [-0.05, 0) is 25.5 Å². The van der Waals surface area contributed by atoms with E-state index in [9.17, 15) is 4.79 Å². The third-order valence-electron chi connectivity index (χ3n) is 2.25. The van der Waals surface area contributed by atoms with Crippen molar-refractivity contribution < 1.29 is 14.3 Å². The first-order valence-corrected chi connectivity index (χ1v) is 6.09. The maximum absolute atomic E-state index is 11.1. The quantitative estimate of drug-likeness (QED) is 0.574. The molecule has 0 amide bonds. The number of anilines is 2. The van der Waals surface area contributed by atoms with Gasteiger partial charge in [-0.2, -0.15) is 0 Å². The summed E-state index contributed by atoms with van der Waals surface area (Å²) < 4.78 is 10.0. The second kappa shape index (κ2) is 7.42. The van der Waals surface area contributed by atoms with Crippen LogP contribution in [0.2, 0.25) is 0 Å². The maximum atomic E-state index is 11.1. The van der Waals surface area contributed by atoms with Gasteiger partial charge in [-0.25, -0.2) is 4.79 Å². The summed E-state index contributed by atoms with van der Waals surface area (Å²) in [6.07, 6.45) is 1.03. The number of hydrogen-bond acceptors (Lipinski definition) is 5. The normalized spacial score (nSPS) is 9.89. The molecule has 0 aliphatic heterocycles.